The van der Waals surface area contributed by atoms with Gasteiger partial charge in [-0.3, -0.25) is 19.2 Å². The first-order valence-electron chi connectivity index (χ1n) is 21.0. The number of nitrogens with zero attached hydrogens (tertiary/aromatic N) is 4. The van der Waals surface area contributed by atoms with E-state index in [9.17, 15) is 36.9 Å². The summed E-state index contributed by atoms with van der Waals surface area (Å²) >= 11 is 0. The molecule has 2 unspecified atom stereocenters. The largest absolute Gasteiger partial charge is 0.748 e. The van der Waals surface area contributed by atoms with E-state index >= 15 is 8.63 Å². The summed E-state index contributed by atoms with van der Waals surface area (Å²) in [5, 5.41) is 2.92. The highest BCUT2D eigenvalue weighted by molar-refractivity contribution is 7.85. The molecule has 0 bridgehead atoms. The predicted octanol–water partition coefficient (Wildman–Crippen LogP) is 2.30. The van der Waals surface area contributed by atoms with Crippen LogP contribution in [0.15, 0.2) is 53.7 Å². The van der Waals surface area contributed by atoms with Gasteiger partial charge in [-0.2, -0.15) is 0 Å². The van der Waals surface area contributed by atoms with Crippen LogP contribution in [0.4, 0.5) is 8.63 Å². The van der Waals surface area contributed by atoms with Gasteiger partial charge in [-0.25, -0.2) is 13.2 Å². The number of imide groups is 1. The summed E-state index contributed by atoms with van der Waals surface area (Å²) in [6.45, 7) is -0.608. The summed E-state index contributed by atoms with van der Waals surface area (Å²) in [6.07, 6.45) is 6.79. The van der Waals surface area contributed by atoms with Gasteiger partial charge < -0.3 is 41.7 Å². The Morgan fingerprint density at radius 3 is 2.28 bits per heavy atom. The number of allylic oxidation sites excluding steroid dienone is 2. The Morgan fingerprint density at radius 1 is 0.951 bits per heavy atom. The number of carbonyl (C=O) groups is 5. The summed E-state index contributed by atoms with van der Waals surface area (Å²) in [5.41, 5.74) is 3.45. The van der Waals surface area contributed by atoms with Crippen LogP contribution >= 0.6 is 0 Å². The summed E-state index contributed by atoms with van der Waals surface area (Å²) in [7, 11) is 3.25. The predicted molar refractivity (Wildman–Crippen MR) is 223 cm³/mol. The highest BCUT2D eigenvalue weighted by Crippen LogP contribution is 2.39. The van der Waals surface area contributed by atoms with Crippen molar-refractivity contribution >= 4 is 58.3 Å². The third-order valence-electron chi connectivity index (χ3n) is 11.2. The van der Waals surface area contributed by atoms with E-state index in [1.807, 2.05) is 19.2 Å². The van der Waals surface area contributed by atoms with E-state index in [1.165, 1.54) is 0 Å². The van der Waals surface area contributed by atoms with Crippen molar-refractivity contribution < 1.29 is 64.3 Å². The number of rotatable bonds is 23. The zero-order chi connectivity index (χ0) is 44.7. The number of nitrogens with one attached hydrogen (secondary N) is 2. The van der Waals surface area contributed by atoms with Crippen molar-refractivity contribution in [3.63, 3.8) is 0 Å². The lowest BCUT2D eigenvalue weighted by Crippen LogP contribution is -3.09. The second-order valence-corrected chi connectivity index (χ2v) is 18.8. The van der Waals surface area contributed by atoms with E-state index in [1.54, 1.807) is 43.3 Å². The number of Topliss-reactive ketones (excluding diaryl/α,β-unsaturated/α-hetero) is 1. The number of amides is 3. The highest BCUT2D eigenvalue weighted by Gasteiger charge is 2.54. The molecular weight excluding hydrogens is 813 g/mol. The number of aromatic nitrogens is 1. The van der Waals surface area contributed by atoms with E-state index in [0.29, 0.717) is 72.1 Å². The first kappa shape index (κ1) is 47.2. The molecule has 0 radical (unpaired) electrons. The average molecular weight is 872 g/mol. The smallest absolute Gasteiger partial charge is 0.737 e. The van der Waals surface area contributed by atoms with Crippen LogP contribution in [0.2, 0.25) is 0 Å². The Balaban J connectivity index is 1.16. The molecule has 1 aromatic heterocycles. The third kappa shape index (κ3) is 12.6. The van der Waals surface area contributed by atoms with Crippen molar-refractivity contribution in [2.45, 2.75) is 90.0 Å². The molecule has 4 heterocycles. The number of aryl methyl sites for hydroxylation is 2. The van der Waals surface area contributed by atoms with E-state index in [2.05, 4.69) is 26.5 Å². The average Bonchev–Trinajstić information content (AvgIpc) is 3.82. The molecule has 0 aliphatic carbocycles. The molecule has 1 fully saturated rings. The van der Waals surface area contributed by atoms with Crippen LogP contribution in [0.1, 0.15) is 93.1 Å². The minimum Gasteiger partial charge on any atom is -0.748 e. The molecule has 5 rings (SSSR count). The number of benzene rings is 1. The Bertz CT molecular complexity index is 2200. The zero-order valence-corrected chi connectivity index (χ0v) is 36.5. The molecule has 1 aromatic carbocycles. The van der Waals surface area contributed by atoms with Gasteiger partial charge >= 0.3 is 12.9 Å². The fourth-order valence-electron chi connectivity index (χ4n) is 8.06. The van der Waals surface area contributed by atoms with Crippen molar-refractivity contribution in [1.82, 2.24) is 14.9 Å². The molecule has 2 N–H and O–H groups in total. The molecule has 61 heavy (non-hydrogen) atoms. The molecule has 3 aliphatic rings. The van der Waals surface area contributed by atoms with E-state index in [4.69, 9.17) is 4.84 Å². The van der Waals surface area contributed by atoms with Crippen LogP contribution < -0.4 is 10.2 Å². The number of ketones is 1. The maximum Gasteiger partial charge on any atom is 0.737 e. The zero-order valence-electron chi connectivity index (χ0n) is 35.7. The normalized spacial score (nSPS) is 17.1. The fraction of sp³-hybridized carbons (Fsp3) is 0.524. The Morgan fingerprint density at radius 2 is 1.62 bits per heavy atom. The van der Waals surface area contributed by atoms with Crippen LogP contribution in [-0.4, -0.2) is 133 Å². The van der Waals surface area contributed by atoms with Gasteiger partial charge in [0.15, 0.2) is 17.2 Å². The quantitative estimate of drug-likeness (QED) is 0.0558. The van der Waals surface area contributed by atoms with Crippen LogP contribution in [-0.2, 0) is 45.3 Å². The van der Waals surface area contributed by atoms with Gasteiger partial charge in [0.05, 0.1) is 63.7 Å². The lowest BCUT2D eigenvalue weighted by atomic mass is 9.88. The summed E-state index contributed by atoms with van der Waals surface area (Å²) < 4.78 is 72.2. The third-order valence-corrected chi connectivity index (χ3v) is 11.9. The van der Waals surface area contributed by atoms with Crippen molar-refractivity contribution in [2.75, 3.05) is 53.6 Å². The number of unbranched alkanes of at least 4 members (excludes halogenated alkanes) is 2. The number of halogens is 2. The number of quaternary nitrogens is 2. The minimum atomic E-state index is -4.92. The Hall–Kier alpha value is -4.85. The SMILES string of the molecule is Cc1cc(CCC(=O)NC(CS(=O)(=O)[O-])C(=O)CCC[NH+](C)CCCCCC(=O)ON2C(=O)CCC2=O)n2c1C=C1C(CCC[N+](C)(C)C)=CC(c3ccccc3)=[N+]1[B-]2(F)F. The standard InChI is InChI=1S/C42H57BF2N6O9S/c1-30-26-33(48-35(30)28-37-32(16-13-25-51(3,4)5)27-36(49(37)43(48,44)45)31-14-8-6-9-15-31)19-20-39(53)46-34(29-61(57,58)59)38(52)17-12-24-47(2)23-11-7-10-18-42(56)60-50-40(54)21-22-41(50)55/h6,8-9,14-15,26-28,34H,7,10-13,16-25,29H2,1-5H3,(H-,46,53,57,58,59)/p+1. The molecular formula is C42H58BF2N6O9S+. The maximum atomic E-state index is 17.0. The van der Waals surface area contributed by atoms with Gasteiger partial charge in [-0.1, -0.05) is 18.2 Å². The van der Waals surface area contributed by atoms with E-state index < -0.39 is 58.4 Å². The minimum absolute atomic E-state index is 0.0215. The topological polar surface area (TPSA) is 179 Å². The molecule has 332 valence electrons. The Kier molecular flexibility index (Phi) is 15.4. The molecule has 19 heteroatoms. The van der Waals surface area contributed by atoms with Crippen LogP contribution in [0, 0.1) is 6.92 Å². The van der Waals surface area contributed by atoms with Gasteiger partial charge in [0.1, 0.15) is 6.04 Å². The van der Waals surface area contributed by atoms with Crippen LogP contribution in [0.3, 0.4) is 0 Å². The number of fused-ring (bicyclic) bond motifs is 2. The highest BCUT2D eigenvalue weighted by atomic mass is 32.2. The molecule has 1 saturated heterocycles. The van der Waals surface area contributed by atoms with Gasteiger partial charge in [0, 0.05) is 73.9 Å². The van der Waals surface area contributed by atoms with Crippen LogP contribution in [0.5, 0.6) is 0 Å². The molecule has 0 spiro atoms. The first-order valence-corrected chi connectivity index (χ1v) is 22.5. The van der Waals surface area contributed by atoms with Crippen LogP contribution in [0.25, 0.3) is 6.08 Å². The second kappa shape index (κ2) is 19.9. The lowest BCUT2D eigenvalue weighted by Gasteiger charge is -2.32. The molecule has 2 aromatic rings. The first-order chi connectivity index (χ1) is 28.6. The molecule has 3 aliphatic heterocycles. The summed E-state index contributed by atoms with van der Waals surface area (Å²) in [5.74, 6) is -4.23. The number of hydroxylamine groups is 2. The Labute approximate surface area is 356 Å². The lowest BCUT2D eigenvalue weighted by molar-refractivity contribution is -0.880. The van der Waals surface area contributed by atoms with Gasteiger partial charge in [0.2, 0.25) is 5.91 Å². The van der Waals surface area contributed by atoms with Crippen molar-refractivity contribution in [1.29, 1.82) is 0 Å². The van der Waals surface area contributed by atoms with Crippen molar-refractivity contribution in [2.24, 2.45) is 0 Å². The van der Waals surface area contributed by atoms with Gasteiger partial charge in [-0.15, -0.1) is 5.06 Å². The van der Waals surface area contributed by atoms with E-state index in [0.717, 1.165) is 43.3 Å². The van der Waals surface area contributed by atoms with Crippen molar-refractivity contribution in [3.05, 3.63) is 76.3 Å². The van der Waals surface area contributed by atoms with E-state index in [-0.39, 0.29) is 44.2 Å². The monoisotopic (exact) mass is 871 g/mol. The number of hydrogen-bond acceptors (Lipinski definition) is 9. The summed E-state index contributed by atoms with van der Waals surface area (Å²) in [4.78, 5) is 67.5. The maximum absolute atomic E-state index is 17.0. The fourth-order valence-corrected chi connectivity index (χ4v) is 8.74. The van der Waals surface area contributed by atoms with Crippen molar-refractivity contribution in [3.8, 4) is 0 Å². The summed E-state index contributed by atoms with van der Waals surface area (Å²) in [6, 6.07) is 9.06. The molecule has 3 amide bonds. The molecule has 15 nitrogen and oxygen atoms in total. The molecule has 0 saturated carbocycles. The molecule has 2 atom stereocenters. The number of hydrogen-bond donors (Lipinski definition) is 2. The van der Waals surface area contributed by atoms with Gasteiger partial charge in [-0.05, 0) is 68.5 Å². The second-order valence-electron chi connectivity index (χ2n) is 17.3. The van der Waals surface area contributed by atoms with Gasteiger partial charge in [0.25, 0.3) is 11.8 Å². The number of carbonyl (C=O) groups excluding carboxylic acids is 5.